The lowest BCUT2D eigenvalue weighted by molar-refractivity contribution is -0.133. The maximum Gasteiger partial charge on any atom is 0.262 e. The summed E-state index contributed by atoms with van der Waals surface area (Å²) in [5.41, 5.74) is 2.65. The highest BCUT2D eigenvalue weighted by atomic mass is 35.5. The quantitative estimate of drug-likeness (QED) is 0.446. The van der Waals surface area contributed by atoms with Crippen molar-refractivity contribution in [1.29, 1.82) is 0 Å². The minimum absolute atomic E-state index is 0.197. The number of amides is 2. The maximum absolute atomic E-state index is 13.5. The molecule has 0 N–H and O–H groups in total. The molecule has 0 fully saturated rings. The number of carbonyl (C=O) groups is 2. The lowest BCUT2D eigenvalue weighted by atomic mass is 9.98. The topological polar surface area (TPSA) is 62.2 Å². The monoisotopic (exact) mass is 493 g/mol. The summed E-state index contributed by atoms with van der Waals surface area (Å²) in [7, 11) is 1.53. The number of rotatable bonds is 8. The van der Waals surface area contributed by atoms with Crippen molar-refractivity contribution in [2.24, 2.45) is 5.10 Å². The molecule has 0 saturated carbocycles. The molecule has 0 spiro atoms. The van der Waals surface area contributed by atoms with Gasteiger partial charge in [-0.2, -0.15) is 5.10 Å². The Morgan fingerprint density at radius 2 is 1.74 bits per heavy atom. The van der Waals surface area contributed by atoms with Crippen LogP contribution in [0.15, 0.2) is 84.0 Å². The second-order valence-electron chi connectivity index (χ2n) is 8.12. The smallest absolute Gasteiger partial charge is 0.262 e. The number of nitrogens with zero attached hydrogens (tertiary/aromatic N) is 3. The van der Waals surface area contributed by atoms with Crippen molar-refractivity contribution >= 4 is 29.1 Å². The molecule has 3 aromatic rings. The van der Waals surface area contributed by atoms with Gasteiger partial charge in [0.2, 0.25) is 0 Å². The van der Waals surface area contributed by atoms with Crippen LogP contribution in [0.2, 0.25) is 5.02 Å². The average molecular weight is 494 g/mol. The minimum Gasteiger partial charge on any atom is -0.383 e. The van der Waals surface area contributed by atoms with E-state index in [1.165, 1.54) is 29.2 Å². The zero-order chi connectivity index (χ0) is 24.8. The van der Waals surface area contributed by atoms with Crippen LogP contribution in [0.3, 0.4) is 0 Å². The first kappa shape index (κ1) is 24.6. The highest BCUT2D eigenvalue weighted by molar-refractivity contribution is 6.33. The zero-order valence-electron chi connectivity index (χ0n) is 19.2. The minimum atomic E-state index is -0.362. The van der Waals surface area contributed by atoms with E-state index in [1.807, 2.05) is 30.3 Å². The molecule has 2 amide bonds. The highest BCUT2D eigenvalue weighted by Crippen LogP contribution is 2.33. The van der Waals surface area contributed by atoms with E-state index >= 15 is 0 Å². The highest BCUT2D eigenvalue weighted by Gasteiger charge is 2.34. The molecule has 0 aliphatic carbocycles. The number of carbonyl (C=O) groups excluding carboxylic acids is 2. The summed E-state index contributed by atoms with van der Waals surface area (Å²) in [4.78, 5) is 28.2. The Morgan fingerprint density at radius 1 is 1.06 bits per heavy atom. The van der Waals surface area contributed by atoms with Crippen LogP contribution in [0.25, 0.3) is 0 Å². The second kappa shape index (κ2) is 11.3. The third-order valence-electron chi connectivity index (χ3n) is 5.81. The average Bonchev–Trinajstić information content (AvgIpc) is 3.33. The number of hydrogen-bond acceptors (Lipinski definition) is 4. The first-order valence-corrected chi connectivity index (χ1v) is 11.6. The van der Waals surface area contributed by atoms with Crippen molar-refractivity contribution < 1.29 is 18.7 Å². The van der Waals surface area contributed by atoms with Gasteiger partial charge in [0.25, 0.3) is 11.8 Å². The summed E-state index contributed by atoms with van der Waals surface area (Å²) in [6.07, 6.45) is 0.470. The molecule has 180 valence electrons. The van der Waals surface area contributed by atoms with Crippen molar-refractivity contribution in [3.05, 3.63) is 106 Å². The standard InChI is InChI=1S/C27H25ClFN3O3/c1-35-16-15-31(27(34)22-9-5-6-10-23(22)28)18-26(33)32-25(20-7-3-2-4-8-20)17-24(30-32)19-11-13-21(29)14-12-19/h2-14,25H,15-18H2,1H3/t25-/m0/s1. The number of halogens is 2. The molecule has 1 heterocycles. The van der Waals surface area contributed by atoms with Gasteiger partial charge in [0.15, 0.2) is 0 Å². The molecule has 0 radical (unpaired) electrons. The number of methoxy groups -OCH3 is 1. The lowest BCUT2D eigenvalue weighted by Gasteiger charge is -2.27. The Labute approximate surface area is 208 Å². The SMILES string of the molecule is COCCN(CC(=O)N1N=C(c2ccc(F)cc2)C[C@H]1c1ccccc1)C(=O)c1ccccc1Cl. The number of ether oxygens (including phenoxy) is 1. The van der Waals surface area contributed by atoms with Crippen LogP contribution in [0.5, 0.6) is 0 Å². The van der Waals surface area contributed by atoms with Crippen LogP contribution in [0, 0.1) is 5.82 Å². The van der Waals surface area contributed by atoms with Gasteiger partial charge < -0.3 is 9.64 Å². The second-order valence-corrected chi connectivity index (χ2v) is 8.53. The fourth-order valence-electron chi connectivity index (χ4n) is 3.99. The van der Waals surface area contributed by atoms with E-state index in [9.17, 15) is 14.0 Å². The van der Waals surface area contributed by atoms with Gasteiger partial charge in [-0.25, -0.2) is 9.40 Å². The normalized spacial score (nSPS) is 15.1. The summed E-state index contributed by atoms with van der Waals surface area (Å²) in [5, 5.41) is 6.35. The molecule has 0 unspecified atom stereocenters. The summed E-state index contributed by atoms with van der Waals surface area (Å²) >= 11 is 6.24. The van der Waals surface area contributed by atoms with Crippen molar-refractivity contribution in [2.75, 3.05) is 26.8 Å². The van der Waals surface area contributed by atoms with Crippen molar-refractivity contribution in [2.45, 2.75) is 12.5 Å². The molecule has 0 bridgehead atoms. The van der Waals surface area contributed by atoms with E-state index in [4.69, 9.17) is 16.3 Å². The number of benzene rings is 3. The van der Waals surface area contributed by atoms with Gasteiger partial charge in [-0.3, -0.25) is 9.59 Å². The Hall–Kier alpha value is -3.55. The molecule has 1 aliphatic heterocycles. The van der Waals surface area contributed by atoms with Gasteiger partial charge in [-0.15, -0.1) is 0 Å². The molecule has 8 heteroatoms. The zero-order valence-corrected chi connectivity index (χ0v) is 20.0. The van der Waals surface area contributed by atoms with Crippen molar-refractivity contribution in [3.63, 3.8) is 0 Å². The van der Waals surface area contributed by atoms with Gasteiger partial charge >= 0.3 is 0 Å². The predicted octanol–water partition coefficient (Wildman–Crippen LogP) is 4.95. The first-order valence-electron chi connectivity index (χ1n) is 11.2. The van der Waals surface area contributed by atoms with Crippen LogP contribution in [-0.4, -0.2) is 54.2 Å². The van der Waals surface area contributed by atoms with E-state index in [-0.39, 0.29) is 43.4 Å². The van der Waals surface area contributed by atoms with Gasteiger partial charge in [0.1, 0.15) is 12.4 Å². The van der Waals surface area contributed by atoms with E-state index < -0.39 is 0 Å². The number of hydrazone groups is 1. The summed E-state index contributed by atoms with van der Waals surface area (Å²) in [6, 6.07) is 22.0. The Kier molecular flexibility index (Phi) is 7.90. The summed E-state index contributed by atoms with van der Waals surface area (Å²) < 4.78 is 18.6. The Balaban J connectivity index is 1.62. The predicted molar refractivity (Wildman–Crippen MR) is 133 cm³/mol. The first-order chi connectivity index (χ1) is 17.0. The van der Waals surface area contributed by atoms with E-state index in [0.717, 1.165) is 11.1 Å². The van der Waals surface area contributed by atoms with Gasteiger partial charge in [-0.1, -0.05) is 66.2 Å². The van der Waals surface area contributed by atoms with Crippen LogP contribution in [0.1, 0.15) is 33.9 Å². The maximum atomic E-state index is 13.5. The van der Waals surface area contributed by atoms with Crippen LogP contribution in [0.4, 0.5) is 4.39 Å². The third kappa shape index (κ3) is 5.75. The largest absolute Gasteiger partial charge is 0.383 e. The molecule has 35 heavy (non-hydrogen) atoms. The van der Waals surface area contributed by atoms with Crippen LogP contribution in [-0.2, 0) is 9.53 Å². The van der Waals surface area contributed by atoms with E-state index in [1.54, 1.807) is 36.4 Å². The van der Waals surface area contributed by atoms with Crippen molar-refractivity contribution in [3.8, 4) is 0 Å². The summed E-state index contributed by atoms with van der Waals surface area (Å²) in [6.45, 7) is 0.275. The lowest BCUT2D eigenvalue weighted by Crippen LogP contribution is -2.42. The molecule has 0 aromatic heterocycles. The molecule has 3 aromatic carbocycles. The van der Waals surface area contributed by atoms with Crippen LogP contribution < -0.4 is 0 Å². The van der Waals surface area contributed by atoms with Gasteiger partial charge in [0, 0.05) is 20.1 Å². The molecule has 1 aliphatic rings. The third-order valence-corrected chi connectivity index (χ3v) is 6.14. The van der Waals surface area contributed by atoms with Gasteiger partial charge in [0.05, 0.1) is 28.9 Å². The molecule has 0 saturated heterocycles. The van der Waals surface area contributed by atoms with Crippen molar-refractivity contribution in [1.82, 2.24) is 9.91 Å². The molecule has 6 nitrogen and oxygen atoms in total. The fraction of sp³-hybridized carbons (Fsp3) is 0.222. The Morgan fingerprint density at radius 3 is 2.43 bits per heavy atom. The van der Waals surface area contributed by atoms with E-state index in [0.29, 0.717) is 22.7 Å². The number of hydrogen-bond donors (Lipinski definition) is 0. The molecule has 1 atom stereocenters. The van der Waals surface area contributed by atoms with Gasteiger partial charge in [-0.05, 0) is 35.4 Å². The van der Waals surface area contributed by atoms with Crippen LogP contribution >= 0.6 is 11.6 Å². The summed E-state index contributed by atoms with van der Waals surface area (Å²) in [5.74, 6) is -1.04. The fourth-order valence-corrected chi connectivity index (χ4v) is 4.20. The molecule has 4 rings (SSSR count). The Bertz CT molecular complexity index is 1220. The molecular formula is C27H25ClFN3O3. The molecular weight excluding hydrogens is 469 g/mol. The van der Waals surface area contributed by atoms with E-state index in [2.05, 4.69) is 5.10 Å².